The van der Waals surface area contributed by atoms with Gasteiger partial charge in [0.05, 0.1) is 12.1 Å². The first-order valence-electron chi connectivity index (χ1n) is 7.26. The van der Waals surface area contributed by atoms with Gasteiger partial charge in [-0.25, -0.2) is 0 Å². The van der Waals surface area contributed by atoms with Crippen LogP contribution in [0.15, 0.2) is 59.1 Å². The van der Waals surface area contributed by atoms with Crippen LogP contribution in [0.2, 0.25) is 5.02 Å². The topological polar surface area (TPSA) is 88.1 Å². The lowest BCUT2D eigenvalue weighted by molar-refractivity contribution is -0.114. The zero-order valence-corrected chi connectivity index (χ0v) is 15.0. The second-order valence-electron chi connectivity index (χ2n) is 4.95. The van der Waals surface area contributed by atoms with Gasteiger partial charge in [-0.3, -0.25) is 4.79 Å². The SMILES string of the molecule is COc1cccc(N/C(SCc2ccc(Cl)cc2)=C(/C#N)C(N)=O)c1. The number of nitriles is 1. The molecule has 0 aliphatic carbocycles. The molecule has 0 bridgehead atoms. The maximum atomic E-state index is 11.6. The quantitative estimate of drug-likeness (QED) is 0.567. The highest BCUT2D eigenvalue weighted by molar-refractivity contribution is 8.02. The van der Waals surface area contributed by atoms with E-state index in [0.717, 1.165) is 5.56 Å². The number of anilines is 1. The highest BCUT2D eigenvalue weighted by Crippen LogP contribution is 2.28. The van der Waals surface area contributed by atoms with E-state index in [4.69, 9.17) is 22.1 Å². The minimum atomic E-state index is -0.781. The molecule has 25 heavy (non-hydrogen) atoms. The molecular formula is C18H16ClN3O2S. The van der Waals surface area contributed by atoms with Crippen molar-refractivity contribution in [3.8, 4) is 11.8 Å². The lowest BCUT2D eigenvalue weighted by Crippen LogP contribution is -2.16. The highest BCUT2D eigenvalue weighted by Gasteiger charge is 2.14. The molecule has 2 aromatic carbocycles. The summed E-state index contributed by atoms with van der Waals surface area (Å²) in [4.78, 5) is 11.6. The van der Waals surface area contributed by atoms with E-state index in [9.17, 15) is 10.1 Å². The minimum Gasteiger partial charge on any atom is -0.497 e. The number of nitrogens with one attached hydrogen (secondary N) is 1. The van der Waals surface area contributed by atoms with Gasteiger partial charge in [-0.1, -0.05) is 29.8 Å². The van der Waals surface area contributed by atoms with Crippen LogP contribution in [-0.2, 0) is 10.5 Å². The van der Waals surface area contributed by atoms with E-state index in [-0.39, 0.29) is 5.57 Å². The van der Waals surface area contributed by atoms with Crippen molar-refractivity contribution in [3.63, 3.8) is 0 Å². The number of rotatable bonds is 7. The smallest absolute Gasteiger partial charge is 0.262 e. The lowest BCUT2D eigenvalue weighted by Gasteiger charge is -2.13. The molecule has 0 fully saturated rings. The molecule has 0 heterocycles. The third kappa shape index (κ3) is 5.45. The molecule has 0 aliphatic heterocycles. The number of benzene rings is 2. The summed E-state index contributed by atoms with van der Waals surface area (Å²) in [7, 11) is 1.56. The number of amides is 1. The second-order valence-corrected chi connectivity index (χ2v) is 6.37. The van der Waals surface area contributed by atoms with Crippen molar-refractivity contribution in [3.05, 3.63) is 69.7 Å². The summed E-state index contributed by atoms with van der Waals surface area (Å²) in [6.45, 7) is 0. The number of halogens is 1. The zero-order chi connectivity index (χ0) is 18.2. The van der Waals surface area contributed by atoms with Gasteiger partial charge in [0, 0.05) is 22.5 Å². The van der Waals surface area contributed by atoms with Crippen molar-refractivity contribution in [1.29, 1.82) is 5.26 Å². The Labute approximate surface area is 155 Å². The number of carbonyl (C=O) groups is 1. The zero-order valence-electron chi connectivity index (χ0n) is 13.5. The summed E-state index contributed by atoms with van der Waals surface area (Å²) >= 11 is 7.19. The summed E-state index contributed by atoms with van der Waals surface area (Å²) < 4.78 is 5.18. The van der Waals surface area contributed by atoms with Crippen LogP contribution in [-0.4, -0.2) is 13.0 Å². The number of hydrogen-bond donors (Lipinski definition) is 2. The first-order chi connectivity index (χ1) is 12.0. The van der Waals surface area contributed by atoms with E-state index in [1.165, 1.54) is 11.8 Å². The third-order valence-electron chi connectivity index (χ3n) is 3.21. The summed E-state index contributed by atoms with van der Waals surface area (Å²) in [5, 5.41) is 13.4. The van der Waals surface area contributed by atoms with E-state index in [1.54, 1.807) is 43.5 Å². The molecule has 128 valence electrons. The number of nitrogens with two attached hydrogens (primary N) is 1. The number of ether oxygens (including phenoxy) is 1. The van der Waals surface area contributed by atoms with E-state index in [2.05, 4.69) is 5.32 Å². The number of nitrogens with zero attached hydrogens (tertiary/aromatic N) is 1. The van der Waals surface area contributed by atoms with Crippen LogP contribution in [0.1, 0.15) is 5.56 Å². The molecule has 0 unspecified atom stereocenters. The van der Waals surface area contributed by atoms with E-state index < -0.39 is 5.91 Å². The predicted molar refractivity (Wildman–Crippen MR) is 101 cm³/mol. The fraction of sp³-hybridized carbons (Fsp3) is 0.111. The monoisotopic (exact) mass is 373 g/mol. The number of thioether (sulfide) groups is 1. The van der Waals surface area contributed by atoms with Gasteiger partial charge in [-0.2, -0.15) is 5.26 Å². The number of carbonyl (C=O) groups excluding carboxylic acids is 1. The lowest BCUT2D eigenvalue weighted by atomic mass is 10.2. The van der Waals surface area contributed by atoms with Crippen molar-refractivity contribution in [1.82, 2.24) is 0 Å². The van der Waals surface area contributed by atoms with Gasteiger partial charge in [0.25, 0.3) is 5.91 Å². The summed E-state index contributed by atoms with van der Waals surface area (Å²) in [6.07, 6.45) is 0. The van der Waals surface area contributed by atoms with Crippen LogP contribution in [0, 0.1) is 11.3 Å². The van der Waals surface area contributed by atoms with Crippen LogP contribution >= 0.6 is 23.4 Å². The van der Waals surface area contributed by atoms with Gasteiger partial charge in [0.15, 0.2) is 0 Å². The van der Waals surface area contributed by atoms with E-state index in [0.29, 0.717) is 27.2 Å². The largest absolute Gasteiger partial charge is 0.497 e. The Bertz CT molecular complexity index is 829. The molecule has 2 rings (SSSR count). The third-order valence-corrected chi connectivity index (χ3v) is 4.53. The number of primary amides is 1. The first kappa shape index (κ1) is 18.7. The molecule has 5 nitrogen and oxygen atoms in total. The standard InChI is InChI=1S/C18H16ClN3O2S/c1-24-15-4-2-3-14(9-15)22-18(16(10-20)17(21)23)25-11-12-5-7-13(19)8-6-12/h2-9,22H,11H2,1H3,(H2,21,23)/b18-16+. The fourth-order valence-electron chi connectivity index (χ4n) is 1.96. The summed E-state index contributed by atoms with van der Waals surface area (Å²) in [6, 6.07) is 16.4. The van der Waals surface area contributed by atoms with Gasteiger partial charge >= 0.3 is 0 Å². The van der Waals surface area contributed by atoms with Crippen molar-refractivity contribution in [2.45, 2.75) is 5.75 Å². The van der Waals surface area contributed by atoms with Gasteiger partial charge in [0.2, 0.25) is 0 Å². The molecule has 2 aromatic rings. The van der Waals surface area contributed by atoms with Gasteiger partial charge in [0.1, 0.15) is 17.4 Å². The Morgan fingerprint density at radius 3 is 2.64 bits per heavy atom. The highest BCUT2D eigenvalue weighted by atomic mass is 35.5. The molecule has 0 saturated heterocycles. The van der Waals surface area contributed by atoms with Crippen LogP contribution in [0.3, 0.4) is 0 Å². The van der Waals surface area contributed by atoms with Crippen molar-refractivity contribution in [2.24, 2.45) is 5.73 Å². The van der Waals surface area contributed by atoms with Crippen LogP contribution in [0.25, 0.3) is 0 Å². The average molecular weight is 374 g/mol. The van der Waals surface area contributed by atoms with Crippen molar-refractivity contribution < 1.29 is 9.53 Å². The van der Waals surface area contributed by atoms with E-state index in [1.807, 2.05) is 18.2 Å². The minimum absolute atomic E-state index is 0.123. The Morgan fingerprint density at radius 1 is 1.32 bits per heavy atom. The Kier molecular flexibility index (Phi) is 6.75. The number of hydrogen-bond acceptors (Lipinski definition) is 5. The maximum absolute atomic E-state index is 11.6. The van der Waals surface area contributed by atoms with Crippen LogP contribution < -0.4 is 15.8 Å². The molecular weight excluding hydrogens is 358 g/mol. The molecule has 0 saturated carbocycles. The average Bonchev–Trinajstić information content (AvgIpc) is 2.61. The molecule has 3 N–H and O–H groups in total. The molecule has 1 amide bonds. The van der Waals surface area contributed by atoms with Gasteiger partial charge in [-0.15, -0.1) is 11.8 Å². The summed E-state index contributed by atoms with van der Waals surface area (Å²) in [5.74, 6) is 0.420. The van der Waals surface area contributed by atoms with Crippen LogP contribution in [0.5, 0.6) is 5.75 Å². The van der Waals surface area contributed by atoms with Crippen molar-refractivity contribution in [2.75, 3.05) is 12.4 Å². The first-order valence-corrected chi connectivity index (χ1v) is 8.62. The summed E-state index contributed by atoms with van der Waals surface area (Å²) in [5.41, 5.74) is 6.90. The normalized spacial score (nSPS) is 11.2. The van der Waals surface area contributed by atoms with E-state index >= 15 is 0 Å². The van der Waals surface area contributed by atoms with Crippen LogP contribution in [0.4, 0.5) is 5.69 Å². The Balaban J connectivity index is 2.25. The Hall–Kier alpha value is -2.62. The van der Waals surface area contributed by atoms with Crippen molar-refractivity contribution >= 4 is 35.0 Å². The molecule has 0 aromatic heterocycles. The fourth-order valence-corrected chi connectivity index (χ4v) is 3.07. The number of methoxy groups -OCH3 is 1. The molecule has 0 spiro atoms. The predicted octanol–water partition coefficient (Wildman–Crippen LogP) is 3.91. The van der Waals surface area contributed by atoms with Gasteiger partial charge in [-0.05, 0) is 29.8 Å². The molecule has 0 atom stereocenters. The molecule has 7 heteroatoms. The Morgan fingerprint density at radius 2 is 2.04 bits per heavy atom. The van der Waals surface area contributed by atoms with Gasteiger partial charge < -0.3 is 15.8 Å². The second kappa shape index (κ2) is 9.02. The molecule has 0 aliphatic rings. The molecule has 0 radical (unpaired) electrons. The maximum Gasteiger partial charge on any atom is 0.262 e.